The number of nitriles is 1. The smallest absolute Gasteiger partial charge is 0.395 e. The van der Waals surface area contributed by atoms with E-state index in [0.29, 0.717) is 0 Å². The molecule has 0 bridgehead atoms. The Balaban J connectivity index is 2.88. The first-order valence-electron chi connectivity index (χ1n) is 5.39. The van der Waals surface area contributed by atoms with Crippen LogP contribution >= 0.6 is 0 Å². The molecule has 1 amide bonds. The van der Waals surface area contributed by atoms with Crippen molar-refractivity contribution >= 4 is 11.8 Å². The summed E-state index contributed by atoms with van der Waals surface area (Å²) in [6.45, 7) is 3.86. The van der Waals surface area contributed by atoms with E-state index in [0.717, 1.165) is 6.07 Å². The molecule has 0 aromatic carbocycles. The normalized spacial score (nSPS) is 10.1. The van der Waals surface area contributed by atoms with Gasteiger partial charge in [-0.15, -0.1) is 0 Å². The maximum atomic E-state index is 12.0. The fourth-order valence-corrected chi connectivity index (χ4v) is 1.45. The maximum absolute atomic E-state index is 12.0. The molecule has 0 saturated carbocycles. The zero-order valence-corrected chi connectivity index (χ0v) is 10.1. The van der Waals surface area contributed by atoms with Crippen LogP contribution in [0.4, 0.5) is 5.88 Å². The largest absolute Gasteiger partial charge is 0.433 e. The number of rotatable bonds is 5. The summed E-state index contributed by atoms with van der Waals surface area (Å²) in [7, 11) is 0. The third-order valence-electron chi connectivity index (χ3n) is 2.33. The number of furan rings is 1. The Kier molecular flexibility index (Phi) is 4.43. The summed E-state index contributed by atoms with van der Waals surface area (Å²) >= 11 is 0. The first-order chi connectivity index (χ1) is 8.47. The standard InChI is InChI=1S/C11H13N3O4/c1-8(2)13(7-3-6-12)11(15)9-4-5-10(18-9)14(16)17/h4-5,8H,3,7H2,1-2H3. The Bertz CT molecular complexity index is 487. The first-order valence-corrected chi connectivity index (χ1v) is 5.39. The van der Waals surface area contributed by atoms with Crippen LogP contribution in [0.15, 0.2) is 16.5 Å². The molecule has 0 aliphatic carbocycles. The molecule has 1 rings (SSSR count). The highest BCUT2D eigenvalue weighted by Gasteiger charge is 2.23. The van der Waals surface area contributed by atoms with E-state index < -0.39 is 16.7 Å². The Labute approximate surface area is 104 Å². The van der Waals surface area contributed by atoms with Gasteiger partial charge in [0.05, 0.1) is 18.6 Å². The molecule has 18 heavy (non-hydrogen) atoms. The third-order valence-corrected chi connectivity index (χ3v) is 2.33. The number of nitro groups is 1. The summed E-state index contributed by atoms with van der Waals surface area (Å²) in [5, 5.41) is 19.0. The molecular formula is C11H13N3O4. The minimum atomic E-state index is -0.703. The average Bonchev–Trinajstić information content (AvgIpc) is 2.78. The van der Waals surface area contributed by atoms with Gasteiger partial charge >= 0.3 is 5.88 Å². The van der Waals surface area contributed by atoms with E-state index >= 15 is 0 Å². The number of hydrogen-bond acceptors (Lipinski definition) is 5. The van der Waals surface area contributed by atoms with Crippen molar-refractivity contribution in [2.75, 3.05) is 6.54 Å². The Hall–Kier alpha value is -2.36. The van der Waals surface area contributed by atoms with Crippen LogP contribution in [-0.4, -0.2) is 28.3 Å². The maximum Gasteiger partial charge on any atom is 0.433 e. The number of amides is 1. The summed E-state index contributed by atoms with van der Waals surface area (Å²) in [6.07, 6.45) is 0.201. The molecule has 0 N–H and O–H groups in total. The molecule has 0 unspecified atom stereocenters. The lowest BCUT2D eigenvalue weighted by Gasteiger charge is -2.24. The van der Waals surface area contributed by atoms with E-state index in [1.54, 1.807) is 13.8 Å². The quantitative estimate of drug-likeness (QED) is 0.588. The van der Waals surface area contributed by atoms with Crippen LogP contribution in [0.1, 0.15) is 30.8 Å². The fraction of sp³-hybridized carbons (Fsp3) is 0.455. The molecule has 0 aliphatic rings. The molecule has 1 aromatic rings. The SMILES string of the molecule is CC(C)N(CCC#N)C(=O)c1ccc([N+](=O)[O-])o1. The molecule has 0 fully saturated rings. The van der Waals surface area contributed by atoms with Crippen LogP contribution < -0.4 is 0 Å². The summed E-state index contributed by atoms with van der Waals surface area (Å²) in [5.74, 6) is -1.01. The summed E-state index contributed by atoms with van der Waals surface area (Å²) < 4.78 is 4.84. The molecule has 1 aromatic heterocycles. The summed E-state index contributed by atoms with van der Waals surface area (Å²) in [5.41, 5.74) is 0. The van der Waals surface area contributed by atoms with Crippen LogP contribution in [0.3, 0.4) is 0 Å². The van der Waals surface area contributed by atoms with E-state index in [2.05, 4.69) is 0 Å². The third kappa shape index (κ3) is 3.07. The Morgan fingerprint density at radius 3 is 2.72 bits per heavy atom. The van der Waals surface area contributed by atoms with E-state index in [9.17, 15) is 14.9 Å². The molecule has 7 nitrogen and oxygen atoms in total. The van der Waals surface area contributed by atoms with Gasteiger partial charge < -0.3 is 9.32 Å². The van der Waals surface area contributed by atoms with E-state index in [1.165, 1.54) is 11.0 Å². The van der Waals surface area contributed by atoms with Gasteiger partial charge in [0.15, 0.2) is 5.76 Å². The second-order valence-electron chi connectivity index (χ2n) is 3.90. The second-order valence-corrected chi connectivity index (χ2v) is 3.90. The lowest BCUT2D eigenvalue weighted by molar-refractivity contribution is -0.402. The molecule has 0 spiro atoms. The zero-order valence-electron chi connectivity index (χ0n) is 10.1. The predicted octanol–water partition coefficient (Wildman–Crippen LogP) is 1.95. The number of hydrogen-bond donors (Lipinski definition) is 0. The fourth-order valence-electron chi connectivity index (χ4n) is 1.45. The van der Waals surface area contributed by atoms with Crippen molar-refractivity contribution in [3.05, 3.63) is 28.0 Å². The first kappa shape index (κ1) is 13.7. The topological polar surface area (TPSA) is 100 Å². The van der Waals surface area contributed by atoms with Crippen molar-refractivity contribution in [1.29, 1.82) is 5.26 Å². The van der Waals surface area contributed by atoms with Crippen molar-refractivity contribution in [2.24, 2.45) is 0 Å². The highest BCUT2D eigenvalue weighted by atomic mass is 16.6. The van der Waals surface area contributed by atoms with Gasteiger partial charge in [0.2, 0.25) is 0 Å². The minimum absolute atomic E-state index is 0.0895. The van der Waals surface area contributed by atoms with E-state index in [1.807, 2.05) is 6.07 Å². The zero-order chi connectivity index (χ0) is 13.7. The van der Waals surface area contributed by atoms with Crippen molar-refractivity contribution in [2.45, 2.75) is 26.3 Å². The van der Waals surface area contributed by atoms with E-state index in [4.69, 9.17) is 9.68 Å². The molecule has 0 atom stereocenters. The van der Waals surface area contributed by atoms with Gasteiger partial charge in [-0.1, -0.05) is 0 Å². The molecule has 1 heterocycles. The highest BCUT2D eigenvalue weighted by Crippen LogP contribution is 2.18. The molecule has 7 heteroatoms. The van der Waals surface area contributed by atoms with Crippen molar-refractivity contribution in [3.63, 3.8) is 0 Å². The second kappa shape index (κ2) is 5.82. The van der Waals surface area contributed by atoms with Gasteiger partial charge in [-0.3, -0.25) is 14.9 Å². The number of nitrogens with zero attached hydrogens (tertiary/aromatic N) is 3. The van der Waals surface area contributed by atoms with Crippen LogP contribution in [-0.2, 0) is 0 Å². The molecule has 0 aliphatic heterocycles. The monoisotopic (exact) mass is 251 g/mol. The Morgan fingerprint density at radius 1 is 1.61 bits per heavy atom. The highest BCUT2D eigenvalue weighted by molar-refractivity contribution is 5.92. The van der Waals surface area contributed by atoms with Gasteiger partial charge in [0, 0.05) is 12.6 Å². The van der Waals surface area contributed by atoms with Crippen LogP contribution in [0.25, 0.3) is 0 Å². The molecule has 0 saturated heterocycles. The average molecular weight is 251 g/mol. The summed E-state index contributed by atoms with van der Waals surface area (Å²) in [4.78, 5) is 23.2. The van der Waals surface area contributed by atoms with Gasteiger partial charge in [-0.25, -0.2) is 0 Å². The predicted molar refractivity (Wildman–Crippen MR) is 61.8 cm³/mol. The van der Waals surface area contributed by atoms with Gasteiger partial charge in [-0.2, -0.15) is 5.26 Å². The summed E-state index contributed by atoms with van der Waals surface area (Å²) in [6, 6.07) is 4.24. The van der Waals surface area contributed by atoms with Crippen LogP contribution in [0, 0.1) is 21.4 Å². The van der Waals surface area contributed by atoms with E-state index in [-0.39, 0.29) is 24.8 Å². The molecule has 0 radical (unpaired) electrons. The lowest BCUT2D eigenvalue weighted by Crippen LogP contribution is -2.37. The van der Waals surface area contributed by atoms with Crippen LogP contribution in [0.2, 0.25) is 0 Å². The molecular weight excluding hydrogens is 238 g/mol. The number of carbonyl (C=O) groups excluding carboxylic acids is 1. The Morgan fingerprint density at radius 2 is 2.28 bits per heavy atom. The van der Waals surface area contributed by atoms with Crippen molar-refractivity contribution in [1.82, 2.24) is 4.90 Å². The van der Waals surface area contributed by atoms with Gasteiger partial charge in [0.1, 0.15) is 4.92 Å². The lowest BCUT2D eigenvalue weighted by atomic mass is 10.2. The van der Waals surface area contributed by atoms with Crippen LogP contribution in [0.5, 0.6) is 0 Å². The minimum Gasteiger partial charge on any atom is -0.395 e. The van der Waals surface area contributed by atoms with Crippen molar-refractivity contribution in [3.8, 4) is 6.07 Å². The van der Waals surface area contributed by atoms with Gasteiger partial charge in [-0.05, 0) is 19.9 Å². The van der Waals surface area contributed by atoms with Crippen molar-refractivity contribution < 1.29 is 14.1 Å². The van der Waals surface area contributed by atoms with Gasteiger partial charge in [0.25, 0.3) is 5.91 Å². The molecule has 96 valence electrons. The number of carbonyl (C=O) groups is 1.